The van der Waals surface area contributed by atoms with E-state index in [1.807, 2.05) is 31.2 Å². The van der Waals surface area contributed by atoms with Crippen LogP contribution in [0.4, 0.5) is 0 Å². The summed E-state index contributed by atoms with van der Waals surface area (Å²) < 4.78 is 5.32. The Morgan fingerprint density at radius 1 is 1.32 bits per heavy atom. The molecule has 1 aromatic heterocycles. The third kappa shape index (κ3) is 2.86. The number of ether oxygens (including phenoxy) is 1. The van der Waals surface area contributed by atoms with Crippen LogP contribution in [0.3, 0.4) is 0 Å². The molecule has 0 atom stereocenters. The lowest BCUT2D eigenvalue weighted by atomic mass is 10.1. The third-order valence-corrected chi connectivity index (χ3v) is 3.14. The summed E-state index contributed by atoms with van der Waals surface area (Å²) in [6.45, 7) is 1.90. The second-order valence-electron chi connectivity index (χ2n) is 4.12. The van der Waals surface area contributed by atoms with Crippen molar-refractivity contribution >= 4 is 11.6 Å². The van der Waals surface area contributed by atoms with Crippen molar-refractivity contribution in [3.05, 3.63) is 46.6 Å². The van der Waals surface area contributed by atoms with Crippen molar-refractivity contribution in [2.45, 2.75) is 13.3 Å². The summed E-state index contributed by atoms with van der Waals surface area (Å²) in [5.74, 6) is 0.726. The van der Waals surface area contributed by atoms with Crippen molar-refractivity contribution in [2.75, 3.05) is 7.11 Å². The summed E-state index contributed by atoms with van der Waals surface area (Å²) in [6.07, 6.45) is 0.367. The molecule has 0 saturated carbocycles. The lowest BCUT2D eigenvalue weighted by Gasteiger charge is -2.10. The number of pyridine rings is 1. The first-order valence-electron chi connectivity index (χ1n) is 5.83. The van der Waals surface area contributed by atoms with Crippen LogP contribution in [0.1, 0.15) is 11.3 Å². The summed E-state index contributed by atoms with van der Waals surface area (Å²) in [4.78, 5) is 4.52. The van der Waals surface area contributed by atoms with Gasteiger partial charge in [0.15, 0.2) is 0 Å². The third-order valence-electron chi connectivity index (χ3n) is 2.90. The van der Waals surface area contributed by atoms with E-state index >= 15 is 0 Å². The predicted octanol–water partition coefficient (Wildman–Crippen LogP) is 3.79. The molecule has 1 heterocycles. The second-order valence-corrected chi connectivity index (χ2v) is 4.56. The van der Waals surface area contributed by atoms with Gasteiger partial charge in [0.1, 0.15) is 5.75 Å². The van der Waals surface area contributed by atoms with Crippen LogP contribution in [-0.4, -0.2) is 12.1 Å². The first kappa shape index (κ1) is 13.4. The molecule has 19 heavy (non-hydrogen) atoms. The maximum Gasteiger partial charge on any atom is 0.128 e. The van der Waals surface area contributed by atoms with Gasteiger partial charge in [-0.15, -0.1) is 0 Å². The highest BCUT2D eigenvalue weighted by molar-refractivity contribution is 6.30. The first-order valence-corrected chi connectivity index (χ1v) is 6.21. The molecule has 0 spiro atoms. The minimum absolute atomic E-state index is 0.367. The molecule has 0 amide bonds. The Morgan fingerprint density at radius 3 is 2.74 bits per heavy atom. The lowest BCUT2D eigenvalue weighted by molar-refractivity contribution is 0.416. The van der Waals surface area contributed by atoms with Gasteiger partial charge in [-0.25, -0.2) is 0 Å². The fourth-order valence-corrected chi connectivity index (χ4v) is 2.06. The molecule has 0 fully saturated rings. The molecular formula is C15H13ClN2O. The van der Waals surface area contributed by atoms with Crippen LogP contribution in [0.5, 0.6) is 5.75 Å². The van der Waals surface area contributed by atoms with E-state index in [0.29, 0.717) is 11.4 Å². The maximum atomic E-state index is 8.73. The Hall–Kier alpha value is -2.05. The van der Waals surface area contributed by atoms with Gasteiger partial charge in [-0.1, -0.05) is 17.7 Å². The number of nitrogens with zero attached hydrogens (tertiary/aromatic N) is 2. The number of aromatic nitrogens is 1. The Kier molecular flexibility index (Phi) is 4.03. The Bertz CT molecular complexity index is 647. The Balaban J connectivity index is 2.51. The average Bonchev–Trinajstić information content (AvgIpc) is 2.41. The van der Waals surface area contributed by atoms with Crippen LogP contribution in [0.25, 0.3) is 11.3 Å². The molecule has 0 bridgehead atoms. The van der Waals surface area contributed by atoms with E-state index in [2.05, 4.69) is 11.1 Å². The molecule has 0 aliphatic carbocycles. The van der Waals surface area contributed by atoms with Crippen molar-refractivity contribution in [3.63, 3.8) is 0 Å². The van der Waals surface area contributed by atoms with E-state index in [4.69, 9.17) is 21.6 Å². The molecule has 4 heteroatoms. The highest BCUT2D eigenvalue weighted by Crippen LogP contribution is 2.31. The van der Waals surface area contributed by atoms with Crippen LogP contribution in [0.2, 0.25) is 5.02 Å². The van der Waals surface area contributed by atoms with Gasteiger partial charge in [-0.2, -0.15) is 5.26 Å². The van der Waals surface area contributed by atoms with Gasteiger partial charge in [0, 0.05) is 16.3 Å². The predicted molar refractivity (Wildman–Crippen MR) is 75.3 cm³/mol. The molecule has 0 aliphatic heterocycles. The van der Waals surface area contributed by atoms with E-state index in [-0.39, 0.29) is 0 Å². The Morgan fingerprint density at radius 2 is 2.11 bits per heavy atom. The summed E-state index contributed by atoms with van der Waals surface area (Å²) in [6, 6.07) is 11.4. The molecule has 0 unspecified atom stereocenters. The number of benzene rings is 1. The smallest absolute Gasteiger partial charge is 0.128 e. The van der Waals surface area contributed by atoms with Crippen LogP contribution >= 0.6 is 11.6 Å². The largest absolute Gasteiger partial charge is 0.496 e. The summed E-state index contributed by atoms with van der Waals surface area (Å²) >= 11 is 6.02. The summed E-state index contributed by atoms with van der Waals surface area (Å²) in [5, 5.41) is 9.37. The fraction of sp³-hybridized carbons (Fsp3) is 0.200. The molecule has 0 saturated heterocycles. The number of aryl methyl sites for hydroxylation is 1. The standard InChI is InChI=1S/C15H13ClN2O/c1-10-11(7-8-17)3-5-14(18-10)13-9-12(16)4-6-15(13)19-2/h3-6,9H,7H2,1-2H3. The highest BCUT2D eigenvalue weighted by atomic mass is 35.5. The van der Waals surface area contributed by atoms with Crippen LogP contribution in [0.15, 0.2) is 30.3 Å². The van der Waals surface area contributed by atoms with Gasteiger partial charge in [0.2, 0.25) is 0 Å². The average molecular weight is 273 g/mol. The highest BCUT2D eigenvalue weighted by Gasteiger charge is 2.09. The number of halogens is 1. The number of nitriles is 1. The normalized spacial score (nSPS) is 10.0. The van der Waals surface area contributed by atoms with E-state index in [1.165, 1.54) is 0 Å². The minimum Gasteiger partial charge on any atom is -0.496 e. The van der Waals surface area contributed by atoms with Crippen molar-refractivity contribution < 1.29 is 4.74 Å². The topological polar surface area (TPSA) is 45.9 Å². The molecule has 0 N–H and O–H groups in total. The molecule has 1 aromatic carbocycles. The van der Waals surface area contributed by atoms with Gasteiger partial charge < -0.3 is 4.74 Å². The molecule has 0 radical (unpaired) electrons. The van der Waals surface area contributed by atoms with Gasteiger partial charge in [0.05, 0.1) is 25.3 Å². The fourth-order valence-electron chi connectivity index (χ4n) is 1.89. The van der Waals surface area contributed by atoms with E-state index in [0.717, 1.165) is 28.3 Å². The van der Waals surface area contributed by atoms with Crippen molar-refractivity contribution in [1.29, 1.82) is 5.26 Å². The van der Waals surface area contributed by atoms with E-state index in [9.17, 15) is 0 Å². The Labute approximate surface area is 117 Å². The van der Waals surface area contributed by atoms with Crippen molar-refractivity contribution in [3.8, 4) is 23.1 Å². The quantitative estimate of drug-likeness (QED) is 0.854. The molecule has 0 aliphatic rings. The molecule has 96 valence electrons. The summed E-state index contributed by atoms with van der Waals surface area (Å²) in [7, 11) is 1.61. The molecular weight excluding hydrogens is 260 g/mol. The zero-order chi connectivity index (χ0) is 13.8. The van der Waals surface area contributed by atoms with Crippen LogP contribution in [0, 0.1) is 18.3 Å². The molecule has 2 rings (SSSR count). The number of methoxy groups -OCH3 is 1. The minimum atomic E-state index is 0.367. The van der Waals surface area contributed by atoms with Crippen LogP contribution in [-0.2, 0) is 6.42 Å². The van der Waals surface area contributed by atoms with E-state index < -0.39 is 0 Å². The van der Waals surface area contributed by atoms with Gasteiger partial charge in [-0.05, 0) is 36.8 Å². The zero-order valence-corrected chi connectivity index (χ0v) is 11.5. The van der Waals surface area contributed by atoms with Gasteiger partial charge >= 0.3 is 0 Å². The van der Waals surface area contributed by atoms with E-state index in [1.54, 1.807) is 13.2 Å². The van der Waals surface area contributed by atoms with Gasteiger partial charge in [-0.3, -0.25) is 4.98 Å². The maximum absolute atomic E-state index is 8.73. The number of hydrogen-bond acceptors (Lipinski definition) is 3. The molecule has 2 aromatic rings. The lowest BCUT2D eigenvalue weighted by Crippen LogP contribution is -1.95. The monoisotopic (exact) mass is 272 g/mol. The molecule has 3 nitrogen and oxygen atoms in total. The van der Waals surface area contributed by atoms with Crippen LogP contribution < -0.4 is 4.74 Å². The van der Waals surface area contributed by atoms with Crippen molar-refractivity contribution in [1.82, 2.24) is 4.98 Å². The SMILES string of the molecule is COc1ccc(Cl)cc1-c1ccc(CC#N)c(C)n1. The number of rotatable bonds is 3. The summed E-state index contributed by atoms with van der Waals surface area (Å²) in [5.41, 5.74) is 3.42. The first-order chi connectivity index (χ1) is 9.15. The zero-order valence-electron chi connectivity index (χ0n) is 10.8. The second kappa shape index (κ2) is 5.73. The number of hydrogen-bond donors (Lipinski definition) is 0. The van der Waals surface area contributed by atoms with Gasteiger partial charge in [0.25, 0.3) is 0 Å². The van der Waals surface area contributed by atoms with Crippen molar-refractivity contribution in [2.24, 2.45) is 0 Å².